The number of carbonyl (C=O) groups is 1. The molecule has 0 unspecified atom stereocenters. The summed E-state index contributed by atoms with van der Waals surface area (Å²) in [6.07, 6.45) is 1.36. The second-order valence-electron chi connectivity index (χ2n) is 6.97. The van der Waals surface area contributed by atoms with Crippen molar-refractivity contribution in [3.63, 3.8) is 0 Å². The van der Waals surface area contributed by atoms with Crippen LogP contribution in [-0.2, 0) is 14.8 Å². The topological polar surface area (TPSA) is 75.7 Å². The number of nitrogens with zero attached hydrogens (tertiary/aromatic N) is 1. The van der Waals surface area contributed by atoms with E-state index in [1.165, 1.54) is 0 Å². The molecule has 2 aromatic rings. The van der Waals surface area contributed by atoms with Crippen LogP contribution in [0.4, 0.5) is 5.69 Å². The van der Waals surface area contributed by atoms with Gasteiger partial charge in [-0.15, -0.1) is 0 Å². The number of anilines is 1. The van der Waals surface area contributed by atoms with Gasteiger partial charge in [-0.3, -0.25) is 9.10 Å². The molecule has 1 N–H and O–H groups in total. The second-order valence-corrected chi connectivity index (χ2v) is 9.64. The molecule has 0 heterocycles. The zero-order valence-corrected chi connectivity index (χ0v) is 19.7. The van der Waals surface area contributed by atoms with Crippen LogP contribution in [0, 0.1) is 13.8 Å². The van der Waals surface area contributed by atoms with E-state index < -0.39 is 22.0 Å². The summed E-state index contributed by atoms with van der Waals surface area (Å²) in [5.74, 6) is 0.184. The third-order valence-corrected chi connectivity index (χ3v) is 6.55. The Bertz CT molecular complexity index is 1010. The standard InChI is InChI=1S/C21H26Cl2N2O4S/c1-5-20(25(30(4,27)28)16-8-6-14(2)18(22)12-16)21(26)24-10-11-29-17-9-7-15(3)19(23)13-17/h6-9,12-13,20H,5,10-11H2,1-4H3,(H,24,26)/t20-/m1/s1. The van der Waals surface area contributed by atoms with Gasteiger partial charge in [0.05, 0.1) is 18.5 Å². The molecule has 0 saturated carbocycles. The predicted molar refractivity (Wildman–Crippen MR) is 122 cm³/mol. The van der Waals surface area contributed by atoms with E-state index in [4.69, 9.17) is 27.9 Å². The molecule has 0 fully saturated rings. The summed E-state index contributed by atoms with van der Waals surface area (Å²) < 4.78 is 31.6. The van der Waals surface area contributed by atoms with Crippen LogP contribution < -0.4 is 14.4 Å². The third-order valence-electron chi connectivity index (χ3n) is 4.55. The van der Waals surface area contributed by atoms with Crippen LogP contribution in [0.1, 0.15) is 24.5 Å². The molecule has 2 aromatic carbocycles. The number of rotatable bonds is 9. The summed E-state index contributed by atoms with van der Waals surface area (Å²) in [5, 5.41) is 3.77. The Hall–Kier alpha value is -1.96. The third kappa shape index (κ3) is 6.27. The van der Waals surface area contributed by atoms with Gasteiger partial charge in [-0.2, -0.15) is 0 Å². The first-order chi connectivity index (χ1) is 14.0. The van der Waals surface area contributed by atoms with Crippen LogP contribution in [0.5, 0.6) is 5.75 Å². The van der Waals surface area contributed by atoms with Crippen LogP contribution >= 0.6 is 23.2 Å². The average molecular weight is 473 g/mol. The fourth-order valence-electron chi connectivity index (χ4n) is 2.90. The Morgan fingerprint density at radius 1 is 1.10 bits per heavy atom. The summed E-state index contributed by atoms with van der Waals surface area (Å²) in [6, 6.07) is 9.36. The Kier molecular flexibility index (Phi) is 8.41. The molecule has 0 aromatic heterocycles. The minimum atomic E-state index is -3.72. The highest BCUT2D eigenvalue weighted by Crippen LogP contribution is 2.27. The zero-order chi connectivity index (χ0) is 22.5. The molecule has 2 rings (SSSR count). The first-order valence-electron chi connectivity index (χ1n) is 9.46. The molecule has 9 heteroatoms. The van der Waals surface area contributed by atoms with Gasteiger partial charge < -0.3 is 10.1 Å². The van der Waals surface area contributed by atoms with Crippen molar-refractivity contribution < 1.29 is 17.9 Å². The van der Waals surface area contributed by atoms with Crippen molar-refractivity contribution in [2.24, 2.45) is 0 Å². The van der Waals surface area contributed by atoms with Crippen molar-refractivity contribution >= 4 is 44.8 Å². The van der Waals surface area contributed by atoms with Gasteiger partial charge in [0.25, 0.3) is 0 Å². The Morgan fingerprint density at radius 3 is 2.23 bits per heavy atom. The minimum Gasteiger partial charge on any atom is -0.492 e. The van der Waals surface area contributed by atoms with Crippen LogP contribution in [0.3, 0.4) is 0 Å². The highest BCUT2D eigenvalue weighted by atomic mass is 35.5. The monoisotopic (exact) mass is 472 g/mol. The molecule has 0 aliphatic carbocycles. The minimum absolute atomic E-state index is 0.215. The van der Waals surface area contributed by atoms with Gasteiger partial charge in [0.1, 0.15) is 18.4 Å². The lowest BCUT2D eigenvalue weighted by Gasteiger charge is -2.30. The zero-order valence-electron chi connectivity index (χ0n) is 17.4. The fraction of sp³-hybridized carbons (Fsp3) is 0.381. The number of ether oxygens (including phenoxy) is 1. The van der Waals surface area contributed by atoms with Crippen molar-refractivity contribution in [3.05, 3.63) is 57.6 Å². The molecule has 0 bridgehead atoms. The van der Waals surface area contributed by atoms with Crippen molar-refractivity contribution in [1.82, 2.24) is 5.32 Å². The molecule has 6 nitrogen and oxygen atoms in total. The summed E-state index contributed by atoms with van der Waals surface area (Å²) in [7, 11) is -3.72. The van der Waals surface area contributed by atoms with Gasteiger partial charge in [-0.1, -0.05) is 42.3 Å². The van der Waals surface area contributed by atoms with Gasteiger partial charge in [0.2, 0.25) is 15.9 Å². The lowest BCUT2D eigenvalue weighted by Crippen LogP contribution is -2.50. The van der Waals surface area contributed by atoms with Crippen molar-refractivity contribution in [1.29, 1.82) is 0 Å². The lowest BCUT2D eigenvalue weighted by atomic mass is 10.1. The number of nitrogens with one attached hydrogen (secondary N) is 1. The molecular formula is C21H26Cl2N2O4S. The van der Waals surface area contributed by atoms with E-state index in [-0.39, 0.29) is 13.2 Å². The maximum atomic E-state index is 12.8. The van der Waals surface area contributed by atoms with Crippen LogP contribution in [0.2, 0.25) is 10.0 Å². The van der Waals surface area contributed by atoms with E-state index in [2.05, 4.69) is 5.32 Å². The first kappa shape index (κ1) is 24.3. The summed E-state index contributed by atoms with van der Waals surface area (Å²) in [6.45, 7) is 5.90. The Balaban J connectivity index is 2.07. The van der Waals surface area contributed by atoms with Gasteiger partial charge in [0.15, 0.2) is 0 Å². The normalized spacial score (nSPS) is 12.3. The highest BCUT2D eigenvalue weighted by molar-refractivity contribution is 7.92. The number of aryl methyl sites for hydroxylation is 2. The van der Waals surface area contributed by atoms with Crippen molar-refractivity contribution in [2.75, 3.05) is 23.7 Å². The molecule has 0 aliphatic heterocycles. The smallest absolute Gasteiger partial charge is 0.244 e. The molecular weight excluding hydrogens is 447 g/mol. The van der Waals surface area contributed by atoms with Crippen molar-refractivity contribution in [2.45, 2.75) is 33.2 Å². The lowest BCUT2D eigenvalue weighted by molar-refractivity contribution is -0.122. The van der Waals surface area contributed by atoms with E-state index >= 15 is 0 Å². The molecule has 0 radical (unpaired) electrons. The number of amides is 1. The second kappa shape index (κ2) is 10.4. The molecule has 0 spiro atoms. The van der Waals surface area contributed by atoms with Gasteiger partial charge in [-0.25, -0.2) is 8.42 Å². The number of carbonyl (C=O) groups excluding carboxylic acids is 1. The molecule has 1 atom stereocenters. The van der Waals surface area contributed by atoms with E-state index in [0.717, 1.165) is 21.7 Å². The van der Waals surface area contributed by atoms with E-state index in [1.807, 2.05) is 19.9 Å². The highest BCUT2D eigenvalue weighted by Gasteiger charge is 2.31. The van der Waals surface area contributed by atoms with Gasteiger partial charge in [0, 0.05) is 10.0 Å². The number of benzene rings is 2. The largest absolute Gasteiger partial charge is 0.492 e. The summed E-state index contributed by atoms with van der Waals surface area (Å²) in [4.78, 5) is 12.8. The van der Waals surface area contributed by atoms with Crippen LogP contribution in [-0.4, -0.2) is 39.8 Å². The van der Waals surface area contributed by atoms with Crippen molar-refractivity contribution in [3.8, 4) is 5.75 Å². The van der Waals surface area contributed by atoms with Crippen LogP contribution in [0.25, 0.3) is 0 Å². The quantitative estimate of drug-likeness (QED) is 0.550. The number of hydrogen-bond donors (Lipinski definition) is 1. The number of halogens is 2. The molecule has 0 saturated heterocycles. The number of sulfonamides is 1. The molecule has 1 amide bonds. The fourth-order valence-corrected chi connectivity index (χ4v) is 4.45. The average Bonchev–Trinajstić information content (AvgIpc) is 2.67. The maximum Gasteiger partial charge on any atom is 0.244 e. The Labute approximate surface area is 188 Å². The van der Waals surface area contributed by atoms with E-state index in [9.17, 15) is 13.2 Å². The van der Waals surface area contributed by atoms with Gasteiger partial charge >= 0.3 is 0 Å². The SMILES string of the molecule is CC[C@H](C(=O)NCCOc1ccc(C)c(Cl)c1)N(c1ccc(C)c(Cl)c1)S(C)(=O)=O. The Morgan fingerprint density at radius 2 is 1.70 bits per heavy atom. The summed E-state index contributed by atoms with van der Waals surface area (Å²) >= 11 is 12.2. The number of hydrogen-bond acceptors (Lipinski definition) is 4. The molecule has 0 aliphatic rings. The van der Waals surface area contributed by atoms with Crippen LogP contribution in [0.15, 0.2) is 36.4 Å². The van der Waals surface area contributed by atoms with E-state index in [0.29, 0.717) is 27.9 Å². The summed E-state index contributed by atoms with van der Waals surface area (Å²) in [5.41, 5.74) is 2.11. The molecule has 30 heavy (non-hydrogen) atoms. The van der Waals surface area contributed by atoms with Gasteiger partial charge in [-0.05, 0) is 55.7 Å². The predicted octanol–water partition coefficient (Wildman–Crippen LogP) is 4.35. The maximum absolute atomic E-state index is 12.8. The first-order valence-corrected chi connectivity index (χ1v) is 12.1. The van der Waals surface area contributed by atoms with E-state index in [1.54, 1.807) is 37.3 Å². The molecule has 164 valence electrons.